The summed E-state index contributed by atoms with van der Waals surface area (Å²) in [6.45, 7) is 0.869. The largest absolute Gasteiger partial charge is 0.481 e. The lowest BCUT2D eigenvalue weighted by Crippen LogP contribution is -2.47. The number of rotatable bonds is 8. The molecule has 0 saturated heterocycles. The van der Waals surface area contributed by atoms with Gasteiger partial charge in [0.15, 0.2) is 0 Å². The van der Waals surface area contributed by atoms with E-state index in [2.05, 4.69) is 5.32 Å². The Morgan fingerprint density at radius 1 is 1.33 bits per heavy atom. The first-order valence-electron chi connectivity index (χ1n) is 5.33. The maximum atomic E-state index is 11.6. The number of nitrogens with zero attached hydrogens (tertiary/aromatic N) is 1. The van der Waals surface area contributed by atoms with Gasteiger partial charge < -0.3 is 25.2 Å². The summed E-state index contributed by atoms with van der Waals surface area (Å²) in [5.41, 5.74) is 0. The summed E-state index contributed by atoms with van der Waals surface area (Å²) >= 11 is 0. The summed E-state index contributed by atoms with van der Waals surface area (Å²) in [6.07, 6.45) is -0.0515. The zero-order chi connectivity index (χ0) is 14.1. The number of aliphatic carboxylic acids is 2. The second-order valence-corrected chi connectivity index (χ2v) is 3.71. The van der Waals surface area contributed by atoms with Crippen LogP contribution in [0.2, 0.25) is 0 Å². The van der Waals surface area contributed by atoms with E-state index in [1.807, 2.05) is 0 Å². The topological polar surface area (TPSA) is 116 Å². The summed E-state index contributed by atoms with van der Waals surface area (Å²) in [4.78, 5) is 34.0. The second kappa shape index (κ2) is 8.29. The first kappa shape index (κ1) is 16.2. The number of nitrogens with one attached hydrogen (secondary N) is 1. The molecule has 0 aromatic heterocycles. The third-order valence-electron chi connectivity index (χ3n) is 2.16. The van der Waals surface area contributed by atoms with E-state index in [-0.39, 0.29) is 0 Å². The predicted octanol–water partition coefficient (Wildman–Crippen LogP) is -0.408. The molecule has 8 nitrogen and oxygen atoms in total. The smallest absolute Gasteiger partial charge is 0.326 e. The fraction of sp³-hybridized carbons (Fsp3) is 0.700. The lowest BCUT2D eigenvalue weighted by Gasteiger charge is -2.20. The highest BCUT2D eigenvalue weighted by atomic mass is 16.5. The number of hydrogen-bond donors (Lipinski definition) is 3. The van der Waals surface area contributed by atoms with Gasteiger partial charge >= 0.3 is 18.0 Å². The van der Waals surface area contributed by atoms with Crippen molar-refractivity contribution in [3.63, 3.8) is 0 Å². The molecule has 0 bridgehead atoms. The lowest BCUT2D eigenvalue weighted by molar-refractivity contribution is -0.145. The number of carboxylic acid groups (broad SMARTS) is 2. The molecule has 2 amide bonds. The van der Waals surface area contributed by atoms with Crippen LogP contribution in [0.5, 0.6) is 0 Å². The Labute approximate surface area is 105 Å². The Morgan fingerprint density at radius 3 is 2.39 bits per heavy atom. The molecule has 0 unspecified atom stereocenters. The molecular weight excluding hydrogens is 244 g/mol. The van der Waals surface area contributed by atoms with Gasteiger partial charge in [-0.15, -0.1) is 0 Å². The average molecular weight is 262 g/mol. The Kier molecular flexibility index (Phi) is 7.45. The minimum Gasteiger partial charge on any atom is -0.481 e. The molecule has 0 heterocycles. The van der Waals surface area contributed by atoms with Crippen molar-refractivity contribution in [1.29, 1.82) is 0 Å². The number of amides is 2. The second-order valence-electron chi connectivity index (χ2n) is 3.71. The van der Waals surface area contributed by atoms with E-state index < -0.39 is 30.4 Å². The van der Waals surface area contributed by atoms with Crippen LogP contribution in [0.1, 0.15) is 12.8 Å². The van der Waals surface area contributed by atoms with E-state index in [1.54, 1.807) is 0 Å². The number of urea groups is 1. The fourth-order valence-electron chi connectivity index (χ4n) is 1.18. The van der Waals surface area contributed by atoms with Crippen molar-refractivity contribution in [3.8, 4) is 0 Å². The van der Waals surface area contributed by atoms with E-state index in [1.165, 1.54) is 19.1 Å². The molecule has 0 spiro atoms. The summed E-state index contributed by atoms with van der Waals surface area (Å²) in [5, 5.41) is 19.4. The maximum Gasteiger partial charge on any atom is 0.326 e. The normalized spacial score (nSPS) is 11.7. The van der Waals surface area contributed by atoms with E-state index in [9.17, 15) is 14.4 Å². The van der Waals surface area contributed by atoms with Gasteiger partial charge in [-0.1, -0.05) is 0 Å². The molecule has 18 heavy (non-hydrogen) atoms. The summed E-state index contributed by atoms with van der Waals surface area (Å²) < 4.78 is 4.81. The quantitative estimate of drug-likeness (QED) is 0.512. The summed E-state index contributed by atoms with van der Waals surface area (Å²) in [6, 6.07) is -2.06. The Morgan fingerprint density at radius 2 is 1.94 bits per heavy atom. The highest BCUT2D eigenvalue weighted by Crippen LogP contribution is 1.96. The standard InChI is InChI=1S/C10H18N2O6/c1-12(4-3-5-18-2)10(17)11-7(9(15)16)6-8(13)14/h7H,3-6H2,1-2H3,(H,11,17)(H,13,14)(H,15,16)/t7-/m1/s1. The minimum atomic E-state index is -1.43. The van der Waals surface area contributed by atoms with Crippen molar-refractivity contribution in [2.24, 2.45) is 0 Å². The zero-order valence-corrected chi connectivity index (χ0v) is 10.4. The van der Waals surface area contributed by atoms with Crippen LogP contribution < -0.4 is 5.32 Å². The van der Waals surface area contributed by atoms with Gasteiger partial charge in [0.2, 0.25) is 0 Å². The number of methoxy groups -OCH3 is 1. The van der Waals surface area contributed by atoms with Crippen molar-refractivity contribution in [1.82, 2.24) is 10.2 Å². The van der Waals surface area contributed by atoms with Crippen LogP contribution in [-0.4, -0.2) is 66.4 Å². The average Bonchev–Trinajstić information content (AvgIpc) is 2.27. The van der Waals surface area contributed by atoms with Gasteiger partial charge in [0, 0.05) is 27.3 Å². The molecule has 0 fully saturated rings. The van der Waals surface area contributed by atoms with Gasteiger partial charge in [-0.2, -0.15) is 0 Å². The van der Waals surface area contributed by atoms with Gasteiger partial charge in [-0.3, -0.25) is 4.79 Å². The van der Waals surface area contributed by atoms with Crippen molar-refractivity contribution in [2.75, 3.05) is 27.3 Å². The monoisotopic (exact) mass is 262 g/mol. The Balaban J connectivity index is 4.23. The van der Waals surface area contributed by atoms with Crippen LogP contribution in [-0.2, 0) is 14.3 Å². The SMILES string of the molecule is COCCCN(C)C(=O)N[C@H](CC(=O)O)C(=O)O. The van der Waals surface area contributed by atoms with E-state index >= 15 is 0 Å². The zero-order valence-electron chi connectivity index (χ0n) is 10.4. The first-order chi connectivity index (χ1) is 8.38. The number of hydrogen-bond acceptors (Lipinski definition) is 4. The van der Waals surface area contributed by atoms with Gasteiger partial charge in [0.1, 0.15) is 6.04 Å². The van der Waals surface area contributed by atoms with E-state index in [0.717, 1.165) is 0 Å². The highest BCUT2D eigenvalue weighted by Gasteiger charge is 2.24. The number of carbonyl (C=O) groups excluding carboxylic acids is 1. The highest BCUT2D eigenvalue weighted by molar-refractivity contribution is 5.86. The van der Waals surface area contributed by atoms with Crippen LogP contribution in [0.3, 0.4) is 0 Å². The molecule has 0 aliphatic rings. The molecule has 0 aliphatic carbocycles. The number of ether oxygens (including phenoxy) is 1. The van der Waals surface area contributed by atoms with Crippen molar-refractivity contribution < 1.29 is 29.3 Å². The molecule has 8 heteroatoms. The van der Waals surface area contributed by atoms with Crippen molar-refractivity contribution in [3.05, 3.63) is 0 Å². The third kappa shape index (κ3) is 6.69. The molecule has 1 atom stereocenters. The fourth-order valence-corrected chi connectivity index (χ4v) is 1.18. The molecule has 3 N–H and O–H groups in total. The summed E-state index contributed by atoms with van der Waals surface area (Å²) in [5.74, 6) is -2.67. The molecule has 0 saturated carbocycles. The van der Waals surface area contributed by atoms with E-state index in [0.29, 0.717) is 19.6 Å². The number of carbonyl (C=O) groups is 3. The molecule has 0 rings (SSSR count). The Hall–Kier alpha value is -1.83. The molecule has 104 valence electrons. The minimum absolute atomic E-state index is 0.388. The van der Waals surface area contributed by atoms with Crippen LogP contribution in [0.15, 0.2) is 0 Å². The molecule has 0 aromatic rings. The predicted molar refractivity (Wildman–Crippen MR) is 61.3 cm³/mol. The number of carboxylic acids is 2. The molecule has 0 radical (unpaired) electrons. The van der Waals surface area contributed by atoms with Gasteiger partial charge in [-0.25, -0.2) is 9.59 Å². The van der Waals surface area contributed by atoms with Gasteiger partial charge in [-0.05, 0) is 6.42 Å². The third-order valence-corrected chi connectivity index (χ3v) is 2.16. The van der Waals surface area contributed by atoms with Crippen molar-refractivity contribution >= 4 is 18.0 Å². The molecular formula is C10H18N2O6. The van der Waals surface area contributed by atoms with Crippen LogP contribution in [0.25, 0.3) is 0 Å². The van der Waals surface area contributed by atoms with Crippen LogP contribution >= 0.6 is 0 Å². The maximum absolute atomic E-state index is 11.6. The van der Waals surface area contributed by atoms with Gasteiger partial charge in [0.25, 0.3) is 0 Å². The van der Waals surface area contributed by atoms with Crippen LogP contribution in [0.4, 0.5) is 4.79 Å². The van der Waals surface area contributed by atoms with E-state index in [4.69, 9.17) is 14.9 Å². The molecule has 0 aromatic carbocycles. The van der Waals surface area contributed by atoms with Crippen molar-refractivity contribution in [2.45, 2.75) is 18.9 Å². The molecule has 0 aliphatic heterocycles. The van der Waals surface area contributed by atoms with Gasteiger partial charge in [0.05, 0.1) is 6.42 Å². The first-order valence-corrected chi connectivity index (χ1v) is 5.33. The van der Waals surface area contributed by atoms with Crippen LogP contribution in [0, 0.1) is 0 Å². The lowest BCUT2D eigenvalue weighted by atomic mass is 10.2. The Bertz CT molecular complexity index is 307. The summed E-state index contributed by atoms with van der Waals surface area (Å²) in [7, 11) is 3.03.